The standard InChI is InChI=1S/C18H11I3/c19-13-10-8-12(9-11-13)14-5-3-6-16(18(14)21)15-4-1-2-7-17(15)20/h1-11H. The molecule has 0 nitrogen and oxygen atoms in total. The number of benzene rings is 3. The average molecular weight is 608 g/mol. The topological polar surface area (TPSA) is 0 Å². The molecule has 0 aromatic heterocycles. The molecule has 0 atom stereocenters. The largest absolute Gasteiger partial charge is 0.0616 e. The molecule has 0 aliphatic rings. The van der Waals surface area contributed by atoms with E-state index in [4.69, 9.17) is 0 Å². The van der Waals surface area contributed by atoms with Gasteiger partial charge in [0.2, 0.25) is 0 Å². The highest BCUT2D eigenvalue weighted by Gasteiger charge is 2.11. The van der Waals surface area contributed by atoms with E-state index in [1.165, 1.54) is 33.0 Å². The summed E-state index contributed by atoms with van der Waals surface area (Å²) in [7, 11) is 0. The average Bonchev–Trinajstić information content (AvgIpc) is 2.50. The lowest BCUT2D eigenvalue weighted by Crippen LogP contribution is -1.90. The Morgan fingerprint density at radius 2 is 1.14 bits per heavy atom. The van der Waals surface area contributed by atoms with Crippen molar-refractivity contribution in [2.75, 3.05) is 0 Å². The van der Waals surface area contributed by atoms with Crippen LogP contribution in [0.2, 0.25) is 0 Å². The van der Waals surface area contributed by atoms with E-state index in [2.05, 4.69) is 135 Å². The molecule has 0 fully saturated rings. The van der Waals surface area contributed by atoms with Crippen molar-refractivity contribution >= 4 is 67.8 Å². The van der Waals surface area contributed by atoms with Gasteiger partial charge in [-0.1, -0.05) is 48.5 Å². The van der Waals surface area contributed by atoms with Crippen molar-refractivity contribution in [3.8, 4) is 22.3 Å². The van der Waals surface area contributed by atoms with Gasteiger partial charge in [0.05, 0.1) is 0 Å². The van der Waals surface area contributed by atoms with Crippen LogP contribution in [-0.2, 0) is 0 Å². The molecule has 0 spiro atoms. The van der Waals surface area contributed by atoms with Gasteiger partial charge in [-0.2, -0.15) is 0 Å². The van der Waals surface area contributed by atoms with Crippen LogP contribution in [0.15, 0.2) is 66.7 Å². The van der Waals surface area contributed by atoms with Crippen molar-refractivity contribution in [1.29, 1.82) is 0 Å². The van der Waals surface area contributed by atoms with E-state index in [0.29, 0.717) is 0 Å². The third-order valence-electron chi connectivity index (χ3n) is 3.32. The van der Waals surface area contributed by atoms with Crippen LogP contribution in [0, 0.1) is 10.7 Å². The second kappa shape index (κ2) is 6.95. The van der Waals surface area contributed by atoms with Crippen molar-refractivity contribution in [3.63, 3.8) is 0 Å². The fraction of sp³-hybridized carbons (Fsp3) is 0. The normalized spacial score (nSPS) is 10.6. The fourth-order valence-electron chi connectivity index (χ4n) is 2.27. The number of hydrogen-bond donors (Lipinski definition) is 0. The predicted molar refractivity (Wildman–Crippen MR) is 115 cm³/mol. The number of rotatable bonds is 2. The lowest BCUT2D eigenvalue weighted by molar-refractivity contribution is 1.53. The molecule has 0 saturated carbocycles. The second-order valence-electron chi connectivity index (χ2n) is 4.65. The van der Waals surface area contributed by atoms with Crippen molar-refractivity contribution in [3.05, 3.63) is 77.4 Å². The minimum atomic E-state index is 1.26. The molecule has 3 heteroatoms. The van der Waals surface area contributed by atoms with Crippen molar-refractivity contribution in [2.24, 2.45) is 0 Å². The Hall–Kier alpha value is -0.150. The lowest BCUT2D eigenvalue weighted by atomic mass is 9.99. The fourth-order valence-corrected chi connectivity index (χ4v) is 4.27. The van der Waals surface area contributed by atoms with Gasteiger partial charge >= 0.3 is 0 Å². The van der Waals surface area contributed by atoms with E-state index in [1.54, 1.807) is 0 Å². The second-order valence-corrected chi connectivity index (χ2v) is 8.14. The molecular formula is C18H11I3. The lowest BCUT2D eigenvalue weighted by Gasteiger charge is -2.12. The molecule has 3 aromatic carbocycles. The summed E-state index contributed by atoms with van der Waals surface area (Å²) in [6.07, 6.45) is 0. The van der Waals surface area contributed by atoms with Crippen LogP contribution in [0.1, 0.15) is 0 Å². The zero-order chi connectivity index (χ0) is 14.8. The first kappa shape index (κ1) is 15.7. The molecule has 3 aromatic rings. The summed E-state index contributed by atoms with van der Waals surface area (Å²) in [5.41, 5.74) is 5.17. The summed E-state index contributed by atoms with van der Waals surface area (Å²) in [6, 6.07) is 23.8. The minimum Gasteiger partial charge on any atom is -0.0616 e. The molecule has 0 radical (unpaired) electrons. The maximum Gasteiger partial charge on any atom is 0.0287 e. The molecular weight excluding hydrogens is 597 g/mol. The first-order valence-electron chi connectivity index (χ1n) is 6.46. The zero-order valence-electron chi connectivity index (χ0n) is 11.0. The maximum atomic E-state index is 2.47. The van der Waals surface area contributed by atoms with Gasteiger partial charge < -0.3 is 0 Å². The van der Waals surface area contributed by atoms with Crippen LogP contribution in [0.25, 0.3) is 22.3 Å². The monoisotopic (exact) mass is 608 g/mol. The van der Waals surface area contributed by atoms with Crippen LogP contribution in [0.4, 0.5) is 0 Å². The van der Waals surface area contributed by atoms with E-state index in [0.717, 1.165) is 0 Å². The van der Waals surface area contributed by atoms with Gasteiger partial charge in [0.15, 0.2) is 0 Å². The van der Waals surface area contributed by atoms with Crippen LogP contribution in [0.5, 0.6) is 0 Å². The van der Waals surface area contributed by atoms with Gasteiger partial charge in [0.1, 0.15) is 0 Å². The molecule has 3 rings (SSSR count). The molecule has 0 aliphatic heterocycles. The quantitative estimate of drug-likeness (QED) is 0.280. The van der Waals surface area contributed by atoms with Crippen LogP contribution in [-0.4, -0.2) is 0 Å². The summed E-state index contributed by atoms with van der Waals surface area (Å²) in [4.78, 5) is 0. The Balaban J connectivity index is 2.16. The molecule has 0 N–H and O–H groups in total. The summed E-state index contributed by atoms with van der Waals surface area (Å²) < 4.78 is 3.85. The summed E-state index contributed by atoms with van der Waals surface area (Å²) >= 11 is 7.22. The van der Waals surface area contributed by atoms with E-state index >= 15 is 0 Å². The summed E-state index contributed by atoms with van der Waals surface area (Å²) in [6.45, 7) is 0. The Bertz CT molecular complexity index is 777. The van der Waals surface area contributed by atoms with E-state index in [1.807, 2.05) is 0 Å². The number of hydrogen-bond acceptors (Lipinski definition) is 0. The maximum absolute atomic E-state index is 2.47. The first-order valence-corrected chi connectivity index (χ1v) is 9.70. The van der Waals surface area contributed by atoms with Gasteiger partial charge in [-0.15, -0.1) is 0 Å². The minimum absolute atomic E-state index is 1.26. The molecule has 0 unspecified atom stereocenters. The van der Waals surface area contributed by atoms with Gasteiger partial charge in [-0.3, -0.25) is 0 Å². The van der Waals surface area contributed by atoms with E-state index < -0.39 is 0 Å². The number of halogens is 3. The molecule has 0 heterocycles. The Kier molecular flexibility index (Phi) is 5.21. The molecule has 0 amide bonds. The predicted octanol–water partition coefficient (Wildman–Crippen LogP) is 6.83. The first-order chi connectivity index (χ1) is 10.2. The molecule has 21 heavy (non-hydrogen) atoms. The van der Waals surface area contributed by atoms with E-state index in [9.17, 15) is 0 Å². The van der Waals surface area contributed by atoms with Crippen molar-refractivity contribution in [2.45, 2.75) is 0 Å². The van der Waals surface area contributed by atoms with Crippen molar-refractivity contribution < 1.29 is 0 Å². The SMILES string of the molecule is Ic1ccc(-c2cccc(-c3ccccc3I)c2I)cc1. The van der Waals surface area contributed by atoms with Crippen LogP contribution in [0.3, 0.4) is 0 Å². The Labute approximate surface area is 165 Å². The zero-order valence-corrected chi connectivity index (χ0v) is 17.5. The van der Waals surface area contributed by atoms with E-state index in [-0.39, 0.29) is 0 Å². The third kappa shape index (κ3) is 3.44. The van der Waals surface area contributed by atoms with Gasteiger partial charge in [-0.25, -0.2) is 0 Å². The molecule has 0 saturated heterocycles. The highest BCUT2D eigenvalue weighted by atomic mass is 127. The highest BCUT2D eigenvalue weighted by Crippen LogP contribution is 2.35. The smallest absolute Gasteiger partial charge is 0.0287 e. The summed E-state index contributed by atoms with van der Waals surface area (Å²) in [5.74, 6) is 0. The van der Waals surface area contributed by atoms with Gasteiger partial charge in [0, 0.05) is 10.7 Å². The van der Waals surface area contributed by atoms with Crippen LogP contribution < -0.4 is 0 Å². The highest BCUT2D eigenvalue weighted by molar-refractivity contribution is 14.1. The van der Waals surface area contributed by atoms with Crippen LogP contribution >= 0.6 is 67.8 Å². The Morgan fingerprint density at radius 1 is 0.524 bits per heavy atom. The Morgan fingerprint density at radius 3 is 1.86 bits per heavy atom. The van der Waals surface area contributed by atoms with Gasteiger partial charge in [0.25, 0.3) is 0 Å². The third-order valence-corrected chi connectivity index (χ3v) is 6.14. The van der Waals surface area contributed by atoms with Gasteiger partial charge in [-0.05, 0) is 108 Å². The molecule has 0 aliphatic carbocycles. The summed E-state index contributed by atoms with van der Waals surface area (Å²) in [5, 5.41) is 0. The molecule has 104 valence electrons. The molecule has 0 bridgehead atoms. The van der Waals surface area contributed by atoms with Crippen molar-refractivity contribution in [1.82, 2.24) is 0 Å².